The Hall–Kier alpha value is -1.43. The van der Waals surface area contributed by atoms with Crippen molar-refractivity contribution < 1.29 is 13.9 Å². The number of thiophene rings is 1. The molecule has 0 spiro atoms. The van der Waals surface area contributed by atoms with Crippen molar-refractivity contribution in [3.8, 4) is 5.75 Å². The lowest BCUT2D eigenvalue weighted by atomic mass is 9.98. The van der Waals surface area contributed by atoms with Gasteiger partial charge in [-0.3, -0.25) is 4.90 Å². The van der Waals surface area contributed by atoms with Gasteiger partial charge in [0.2, 0.25) is 6.29 Å². The zero-order valence-electron chi connectivity index (χ0n) is 14.5. The van der Waals surface area contributed by atoms with Gasteiger partial charge in [0.15, 0.2) is 0 Å². The molecule has 0 bridgehead atoms. The van der Waals surface area contributed by atoms with Crippen LogP contribution in [0.3, 0.4) is 0 Å². The van der Waals surface area contributed by atoms with Gasteiger partial charge in [-0.05, 0) is 49.4 Å². The molecular weight excluding hydrogens is 337 g/mol. The lowest BCUT2D eigenvalue weighted by molar-refractivity contribution is -0.112. The van der Waals surface area contributed by atoms with E-state index >= 15 is 0 Å². The average Bonchev–Trinajstić information content (AvgIpc) is 3.16. The van der Waals surface area contributed by atoms with E-state index in [0.29, 0.717) is 12.6 Å². The maximum absolute atomic E-state index is 14.1. The van der Waals surface area contributed by atoms with E-state index in [-0.39, 0.29) is 5.82 Å². The fourth-order valence-corrected chi connectivity index (χ4v) is 4.58. The fourth-order valence-electron chi connectivity index (χ4n) is 3.92. The van der Waals surface area contributed by atoms with Crippen LogP contribution in [0.25, 0.3) is 0 Å². The van der Waals surface area contributed by atoms with Crippen LogP contribution in [0.1, 0.15) is 55.6 Å². The zero-order chi connectivity index (χ0) is 17.2. The standard InChI is InChI=1S/C20H24FNO2S/c1-2-18-5-3-4-7-22(18)11-15-9-17(21)10-16-12-23-20(24-19(15)16)14-6-8-25-13-14/h6,8-10,13,18,20H,2-5,7,11-12H2,1H3. The summed E-state index contributed by atoms with van der Waals surface area (Å²) in [5, 5.41) is 4.05. The first kappa shape index (κ1) is 17.0. The normalized spacial score (nSPS) is 23.9. The summed E-state index contributed by atoms with van der Waals surface area (Å²) in [4.78, 5) is 2.48. The number of likely N-dealkylation sites (tertiary alicyclic amines) is 1. The molecular formula is C20H24FNO2S. The van der Waals surface area contributed by atoms with E-state index in [1.807, 2.05) is 16.8 Å². The molecule has 0 amide bonds. The summed E-state index contributed by atoms with van der Waals surface area (Å²) in [5.41, 5.74) is 2.78. The number of hydrogen-bond donors (Lipinski definition) is 0. The minimum absolute atomic E-state index is 0.208. The molecule has 4 rings (SSSR count). The number of benzene rings is 1. The van der Waals surface area contributed by atoms with Gasteiger partial charge in [-0.25, -0.2) is 4.39 Å². The van der Waals surface area contributed by atoms with Crippen LogP contribution >= 0.6 is 11.3 Å². The number of ether oxygens (including phenoxy) is 2. The molecule has 3 heterocycles. The second-order valence-electron chi connectivity index (χ2n) is 6.90. The van der Waals surface area contributed by atoms with Crippen LogP contribution in [-0.2, 0) is 17.9 Å². The quantitative estimate of drug-likeness (QED) is 0.741. The molecule has 1 fully saturated rings. The molecule has 25 heavy (non-hydrogen) atoms. The highest BCUT2D eigenvalue weighted by molar-refractivity contribution is 7.07. The van der Waals surface area contributed by atoms with Crippen LogP contribution in [0, 0.1) is 5.82 Å². The summed E-state index contributed by atoms with van der Waals surface area (Å²) >= 11 is 1.62. The fraction of sp³-hybridized carbons (Fsp3) is 0.500. The Bertz CT molecular complexity index is 719. The van der Waals surface area contributed by atoms with Crippen molar-refractivity contribution in [2.24, 2.45) is 0 Å². The Kier molecular flexibility index (Phi) is 5.06. The van der Waals surface area contributed by atoms with Crippen molar-refractivity contribution in [3.05, 3.63) is 51.5 Å². The van der Waals surface area contributed by atoms with Crippen molar-refractivity contribution in [2.75, 3.05) is 6.54 Å². The Morgan fingerprint density at radius 1 is 1.32 bits per heavy atom. The Labute approximate surface area is 152 Å². The first-order valence-corrected chi connectivity index (χ1v) is 10.0. The number of piperidine rings is 1. The highest BCUT2D eigenvalue weighted by Crippen LogP contribution is 2.38. The molecule has 0 N–H and O–H groups in total. The Balaban J connectivity index is 1.61. The van der Waals surface area contributed by atoms with Crippen LogP contribution in [0.4, 0.5) is 4.39 Å². The second kappa shape index (κ2) is 7.44. The predicted molar refractivity (Wildman–Crippen MR) is 97.2 cm³/mol. The lowest BCUT2D eigenvalue weighted by Gasteiger charge is -2.36. The third kappa shape index (κ3) is 3.59. The number of halogens is 1. The largest absolute Gasteiger partial charge is 0.460 e. The minimum Gasteiger partial charge on any atom is -0.460 e. The molecule has 2 unspecified atom stereocenters. The molecule has 1 aromatic carbocycles. The first-order valence-electron chi connectivity index (χ1n) is 9.10. The number of nitrogens with zero attached hydrogens (tertiary/aromatic N) is 1. The molecule has 2 aliphatic heterocycles. The Morgan fingerprint density at radius 3 is 3.04 bits per heavy atom. The van der Waals surface area contributed by atoms with Gasteiger partial charge in [-0.2, -0.15) is 11.3 Å². The van der Waals surface area contributed by atoms with Gasteiger partial charge in [-0.1, -0.05) is 13.3 Å². The molecule has 5 heteroatoms. The van der Waals surface area contributed by atoms with E-state index in [1.165, 1.54) is 25.3 Å². The minimum atomic E-state index is -0.397. The summed E-state index contributed by atoms with van der Waals surface area (Å²) in [7, 11) is 0. The van der Waals surface area contributed by atoms with Gasteiger partial charge in [0.05, 0.1) is 6.61 Å². The highest BCUT2D eigenvalue weighted by atomic mass is 32.1. The summed E-state index contributed by atoms with van der Waals surface area (Å²) in [6.07, 6.45) is 4.48. The third-order valence-corrected chi connectivity index (χ3v) is 5.93. The molecule has 134 valence electrons. The highest BCUT2D eigenvalue weighted by Gasteiger charge is 2.28. The SMILES string of the molecule is CCC1CCCCN1Cc1cc(F)cc2c1OC(c1ccsc1)OC2. The molecule has 2 atom stereocenters. The van der Waals surface area contributed by atoms with Gasteiger partial charge in [0, 0.05) is 34.7 Å². The van der Waals surface area contributed by atoms with Crippen molar-refractivity contribution in [3.63, 3.8) is 0 Å². The van der Waals surface area contributed by atoms with Gasteiger partial charge in [0.25, 0.3) is 0 Å². The van der Waals surface area contributed by atoms with E-state index in [9.17, 15) is 4.39 Å². The predicted octanol–water partition coefficient (Wildman–Crippen LogP) is 5.26. The molecule has 1 aromatic heterocycles. The molecule has 0 aliphatic carbocycles. The lowest BCUT2D eigenvalue weighted by Crippen LogP contribution is -2.38. The average molecular weight is 361 g/mol. The van der Waals surface area contributed by atoms with E-state index in [0.717, 1.165) is 42.0 Å². The van der Waals surface area contributed by atoms with E-state index in [2.05, 4.69) is 11.8 Å². The van der Waals surface area contributed by atoms with Crippen LogP contribution in [-0.4, -0.2) is 17.5 Å². The third-order valence-electron chi connectivity index (χ3n) is 5.23. The molecule has 0 saturated carbocycles. The molecule has 0 radical (unpaired) electrons. The van der Waals surface area contributed by atoms with Gasteiger partial charge >= 0.3 is 0 Å². The van der Waals surface area contributed by atoms with Gasteiger partial charge in [-0.15, -0.1) is 0 Å². The van der Waals surface area contributed by atoms with Crippen LogP contribution < -0.4 is 4.74 Å². The van der Waals surface area contributed by atoms with Gasteiger partial charge in [0.1, 0.15) is 11.6 Å². The first-order chi connectivity index (χ1) is 12.2. The summed E-state index contributed by atoms with van der Waals surface area (Å²) < 4.78 is 26.1. The van der Waals surface area contributed by atoms with E-state index in [4.69, 9.17) is 9.47 Å². The van der Waals surface area contributed by atoms with Gasteiger partial charge < -0.3 is 9.47 Å². The molecule has 1 saturated heterocycles. The van der Waals surface area contributed by atoms with Crippen LogP contribution in [0.2, 0.25) is 0 Å². The maximum Gasteiger partial charge on any atom is 0.227 e. The molecule has 3 nitrogen and oxygen atoms in total. The molecule has 2 aromatic rings. The summed E-state index contributed by atoms with van der Waals surface area (Å²) in [6.45, 7) is 4.45. The van der Waals surface area contributed by atoms with Crippen molar-refractivity contribution in [1.29, 1.82) is 0 Å². The van der Waals surface area contributed by atoms with E-state index in [1.54, 1.807) is 17.4 Å². The van der Waals surface area contributed by atoms with Crippen LogP contribution in [0.5, 0.6) is 5.75 Å². The van der Waals surface area contributed by atoms with Crippen LogP contribution in [0.15, 0.2) is 29.0 Å². The number of rotatable bonds is 4. The number of fused-ring (bicyclic) bond motifs is 1. The number of hydrogen-bond acceptors (Lipinski definition) is 4. The maximum atomic E-state index is 14.1. The monoisotopic (exact) mass is 361 g/mol. The van der Waals surface area contributed by atoms with Crippen molar-refractivity contribution in [1.82, 2.24) is 4.90 Å². The Morgan fingerprint density at radius 2 is 2.24 bits per heavy atom. The van der Waals surface area contributed by atoms with E-state index < -0.39 is 6.29 Å². The topological polar surface area (TPSA) is 21.7 Å². The summed E-state index contributed by atoms with van der Waals surface area (Å²) in [5.74, 6) is 0.601. The van der Waals surface area contributed by atoms with Crippen molar-refractivity contribution >= 4 is 11.3 Å². The molecule has 2 aliphatic rings. The second-order valence-corrected chi connectivity index (χ2v) is 7.68. The zero-order valence-corrected chi connectivity index (χ0v) is 15.4. The smallest absolute Gasteiger partial charge is 0.227 e. The van der Waals surface area contributed by atoms with Crippen molar-refractivity contribution in [2.45, 2.75) is 58.1 Å². The summed E-state index contributed by atoms with van der Waals surface area (Å²) in [6, 6.07) is 5.77.